The maximum atomic E-state index is 11.4. The smallest absolute Gasteiger partial charge is 0.221 e. The molecule has 0 saturated carbocycles. The van der Waals surface area contributed by atoms with Crippen molar-refractivity contribution in [2.75, 3.05) is 12.9 Å². The predicted octanol–water partition coefficient (Wildman–Crippen LogP) is 2.72. The minimum Gasteiger partial charge on any atom is -0.359 e. The Labute approximate surface area is 125 Å². The Kier molecular flexibility index (Phi) is 4.82. The largest absolute Gasteiger partial charge is 0.359 e. The van der Waals surface area contributed by atoms with E-state index in [0.29, 0.717) is 25.3 Å². The first kappa shape index (κ1) is 14.3. The Balaban J connectivity index is 2.37. The second kappa shape index (κ2) is 6.39. The number of fused-ring (bicyclic) bond motifs is 1. The number of nitrogens with zero attached hydrogens (tertiary/aromatic N) is 2. The van der Waals surface area contributed by atoms with Crippen LogP contribution in [0.1, 0.15) is 12.2 Å². The van der Waals surface area contributed by atoms with Gasteiger partial charge in [-0.05, 0) is 18.2 Å². The normalized spacial score (nSPS) is 10.9. The molecule has 0 aliphatic rings. The number of carbonyl (C=O) groups is 1. The van der Waals surface area contributed by atoms with E-state index in [4.69, 9.17) is 11.6 Å². The minimum absolute atomic E-state index is 0.0239. The van der Waals surface area contributed by atoms with Gasteiger partial charge in [-0.1, -0.05) is 15.9 Å². The molecule has 1 aromatic heterocycles. The molecule has 0 atom stereocenters. The van der Waals surface area contributed by atoms with E-state index in [0.717, 1.165) is 21.3 Å². The molecular formula is C13H15BrClN3O. The van der Waals surface area contributed by atoms with Gasteiger partial charge in [0.05, 0.1) is 11.0 Å². The highest BCUT2D eigenvalue weighted by molar-refractivity contribution is 9.10. The van der Waals surface area contributed by atoms with Gasteiger partial charge in [0.25, 0.3) is 0 Å². The maximum absolute atomic E-state index is 11.4. The minimum atomic E-state index is 0.0239. The Morgan fingerprint density at radius 3 is 3.00 bits per heavy atom. The SMILES string of the molecule is CNC(=O)CCn1c(CCCl)nc2cc(Br)ccc21. The van der Waals surface area contributed by atoms with Crippen LogP contribution in [0.15, 0.2) is 22.7 Å². The highest BCUT2D eigenvalue weighted by Crippen LogP contribution is 2.21. The van der Waals surface area contributed by atoms with Gasteiger partial charge in [-0.15, -0.1) is 11.6 Å². The molecule has 0 aliphatic heterocycles. The van der Waals surface area contributed by atoms with Crippen molar-refractivity contribution in [1.29, 1.82) is 0 Å². The molecule has 0 unspecified atom stereocenters. The Morgan fingerprint density at radius 1 is 1.53 bits per heavy atom. The summed E-state index contributed by atoms with van der Waals surface area (Å²) in [6, 6.07) is 5.96. The standard InChI is InChI=1S/C13H15BrClN3O/c1-16-13(19)5-7-18-11-3-2-9(14)8-10(11)17-12(18)4-6-15/h2-3,8H,4-7H2,1H3,(H,16,19). The highest BCUT2D eigenvalue weighted by atomic mass is 79.9. The average molecular weight is 345 g/mol. The van der Waals surface area contributed by atoms with Crippen molar-refractivity contribution in [2.24, 2.45) is 0 Å². The first-order valence-electron chi connectivity index (χ1n) is 6.07. The molecule has 1 amide bonds. The molecule has 0 fully saturated rings. The van der Waals surface area contributed by atoms with Crippen LogP contribution >= 0.6 is 27.5 Å². The van der Waals surface area contributed by atoms with Gasteiger partial charge in [0.1, 0.15) is 5.82 Å². The number of halogens is 2. The quantitative estimate of drug-likeness (QED) is 0.848. The fourth-order valence-electron chi connectivity index (χ4n) is 2.02. The molecule has 2 rings (SSSR count). The van der Waals surface area contributed by atoms with Gasteiger partial charge < -0.3 is 9.88 Å². The summed E-state index contributed by atoms with van der Waals surface area (Å²) < 4.78 is 3.06. The van der Waals surface area contributed by atoms with Crippen molar-refractivity contribution in [1.82, 2.24) is 14.9 Å². The number of amides is 1. The van der Waals surface area contributed by atoms with Gasteiger partial charge >= 0.3 is 0 Å². The number of hydrogen-bond donors (Lipinski definition) is 1. The number of benzene rings is 1. The number of rotatable bonds is 5. The first-order valence-corrected chi connectivity index (χ1v) is 7.39. The molecule has 4 nitrogen and oxygen atoms in total. The molecule has 6 heteroatoms. The molecule has 102 valence electrons. The number of nitrogens with one attached hydrogen (secondary N) is 1. The molecule has 2 aromatic rings. The second-order valence-electron chi connectivity index (χ2n) is 4.17. The van der Waals surface area contributed by atoms with Crippen molar-refractivity contribution in [2.45, 2.75) is 19.4 Å². The molecule has 0 saturated heterocycles. The fraction of sp³-hybridized carbons (Fsp3) is 0.385. The summed E-state index contributed by atoms with van der Waals surface area (Å²) in [5, 5.41) is 2.63. The lowest BCUT2D eigenvalue weighted by molar-refractivity contribution is -0.120. The van der Waals surface area contributed by atoms with Crippen LogP contribution in [0.4, 0.5) is 0 Å². The number of aryl methyl sites for hydroxylation is 2. The monoisotopic (exact) mass is 343 g/mol. The van der Waals surface area contributed by atoms with Crippen molar-refractivity contribution in [3.63, 3.8) is 0 Å². The van der Waals surface area contributed by atoms with Crippen LogP contribution < -0.4 is 5.32 Å². The molecule has 0 spiro atoms. The van der Waals surface area contributed by atoms with E-state index in [1.165, 1.54) is 0 Å². The van der Waals surface area contributed by atoms with Crippen LogP contribution in [0.2, 0.25) is 0 Å². The first-order chi connectivity index (χ1) is 9.15. The number of aromatic nitrogens is 2. The third-order valence-electron chi connectivity index (χ3n) is 2.95. The van der Waals surface area contributed by atoms with E-state index < -0.39 is 0 Å². The molecule has 0 aliphatic carbocycles. The topological polar surface area (TPSA) is 46.9 Å². The number of hydrogen-bond acceptors (Lipinski definition) is 2. The van der Waals surface area contributed by atoms with Gasteiger partial charge in [-0.25, -0.2) is 4.98 Å². The fourth-order valence-corrected chi connectivity index (χ4v) is 2.53. The molecule has 19 heavy (non-hydrogen) atoms. The van der Waals surface area contributed by atoms with Crippen molar-refractivity contribution in [3.8, 4) is 0 Å². The number of imidazole rings is 1. The third-order valence-corrected chi connectivity index (χ3v) is 3.63. The zero-order chi connectivity index (χ0) is 13.8. The zero-order valence-corrected chi connectivity index (χ0v) is 13.0. The molecule has 1 N–H and O–H groups in total. The molecule has 1 heterocycles. The van der Waals surface area contributed by atoms with E-state index >= 15 is 0 Å². The average Bonchev–Trinajstić information content (AvgIpc) is 2.73. The Morgan fingerprint density at radius 2 is 2.32 bits per heavy atom. The molecule has 1 aromatic carbocycles. The second-order valence-corrected chi connectivity index (χ2v) is 5.47. The Hall–Kier alpha value is -1.07. The van der Waals surface area contributed by atoms with Crippen molar-refractivity contribution >= 4 is 44.5 Å². The number of carbonyl (C=O) groups excluding carboxylic acids is 1. The maximum Gasteiger partial charge on any atom is 0.221 e. The molecule has 0 radical (unpaired) electrons. The van der Waals surface area contributed by atoms with E-state index in [-0.39, 0.29) is 5.91 Å². The van der Waals surface area contributed by atoms with E-state index in [2.05, 4.69) is 30.8 Å². The lowest BCUT2D eigenvalue weighted by Gasteiger charge is -2.07. The predicted molar refractivity (Wildman–Crippen MR) is 80.5 cm³/mol. The highest BCUT2D eigenvalue weighted by Gasteiger charge is 2.11. The zero-order valence-electron chi connectivity index (χ0n) is 10.6. The van der Waals surface area contributed by atoms with Crippen LogP contribution in [0.5, 0.6) is 0 Å². The van der Waals surface area contributed by atoms with E-state index in [1.807, 2.05) is 18.2 Å². The van der Waals surface area contributed by atoms with Crippen molar-refractivity contribution in [3.05, 3.63) is 28.5 Å². The van der Waals surface area contributed by atoms with Gasteiger partial charge in [-0.2, -0.15) is 0 Å². The van der Waals surface area contributed by atoms with Crippen LogP contribution in [0.25, 0.3) is 11.0 Å². The molecular weight excluding hydrogens is 330 g/mol. The lowest BCUT2D eigenvalue weighted by atomic mass is 10.3. The van der Waals surface area contributed by atoms with Crippen LogP contribution in [-0.4, -0.2) is 28.4 Å². The summed E-state index contributed by atoms with van der Waals surface area (Å²) in [5.41, 5.74) is 1.96. The van der Waals surface area contributed by atoms with Gasteiger partial charge in [-0.3, -0.25) is 4.79 Å². The summed E-state index contributed by atoms with van der Waals surface area (Å²) >= 11 is 9.25. The summed E-state index contributed by atoms with van der Waals surface area (Å²) in [5.74, 6) is 1.47. The van der Waals surface area contributed by atoms with E-state index in [9.17, 15) is 4.79 Å². The summed E-state index contributed by atoms with van der Waals surface area (Å²) in [7, 11) is 1.64. The van der Waals surface area contributed by atoms with Crippen molar-refractivity contribution < 1.29 is 4.79 Å². The number of alkyl halides is 1. The van der Waals surface area contributed by atoms with Gasteiger partial charge in [0.2, 0.25) is 5.91 Å². The Bertz CT molecular complexity index is 597. The van der Waals surface area contributed by atoms with Crippen LogP contribution in [0, 0.1) is 0 Å². The van der Waals surface area contributed by atoms with Crippen LogP contribution in [0.3, 0.4) is 0 Å². The summed E-state index contributed by atoms with van der Waals surface area (Å²) in [6.45, 7) is 0.615. The third kappa shape index (κ3) is 3.28. The lowest BCUT2D eigenvalue weighted by Crippen LogP contribution is -2.20. The molecule has 0 bridgehead atoms. The van der Waals surface area contributed by atoms with E-state index in [1.54, 1.807) is 7.05 Å². The van der Waals surface area contributed by atoms with Gasteiger partial charge in [0.15, 0.2) is 0 Å². The summed E-state index contributed by atoms with van der Waals surface area (Å²) in [6.07, 6.45) is 1.13. The summed E-state index contributed by atoms with van der Waals surface area (Å²) in [4.78, 5) is 16.0. The van der Waals surface area contributed by atoms with Crippen LogP contribution in [-0.2, 0) is 17.8 Å². The van der Waals surface area contributed by atoms with Gasteiger partial charge in [0, 0.05) is 36.8 Å².